The van der Waals surface area contributed by atoms with Gasteiger partial charge in [0, 0.05) is 6.42 Å². The molecule has 0 aliphatic heterocycles. The van der Waals surface area contributed by atoms with Crippen molar-refractivity contribution in [3.63, 3.8) is 0 Å². The van der Waals surface area contributed by atoms with Gasteiger partial charge in [-0.15, -0.1) is 0 Å². The van der Waals surface area contributed by atoms with Gasteiger partial charge in [-0.2, -0.15) is 0 Å². The second-order valence-electron chi connectivity index (χ2n) is 4.77. The minimum atomic E-state index is 0. The summed E-state index contributed by atoms with van der Waals surface area (Å²) in [5, 5.41) is 0. The number of unbranched alkanes of at least 4 members (excludes halogenated alkanes) is 3. The van der Waals surface area contributed by atoms with E-state index in [4.69, 9.17) is 4.74 Å². The van der Waals surface area contributed by atoms with Gasteiger partial charge in [-0.05, 0) is 44.6 Å². The number of rotatable bonds is 11. The fraction of sp³-hybridized carbons (Fsp3) is 0.875. The van der Waals surface area contributed by atoms with E-state index in [0.717, 1.165) is 13.0 Å². The maximum absolute atomic E-state index is 5.88. The molecule has 0 saturated heterocycles. The summed E-state index contributed by atoms with van der Waals surface area (Å²) in [5.41, 5.74) is 1.60. The average Bonchev–Trinajstić information content (AvgIpc) is 2.35. The summed E-state index contributed by atoms with van der Waals surface area (Å²) in [6, 6.07) is 0. The van der Waals surface area contributed by atoms with Crippen LogP contribution in [0.15, 0.2) is 11.3 Å². The number of allylic oxidation sites excluding steroid dienone is 2. The van der Waals surface area contributed by atoms with Gasteiger partial charge in [0.15, 0.2) is 0 Å². The van der Waals surface area contributed by atoms with Crippen molar-refractivity contribution in [3.8, 4) is 0 Å². The van der Waals surface area contributed by atoms with Crippen LogP contribution >= 0.6 is 0 Å². The fourth-order valence-electron chi connectivity index (χ4n) is 2.05. The number of hydrogen-bond donors (Lipinski definition) is 0. The van der Waals surface area contributed by atoms with E-state index in [1.54, 1.807) is 5.57 Å². The van der Waals surface area contributed by atoms with E-state index in [-0.39, 0.29) is 23.9 Å². The Kier molecular flexibility index (Phi) is 17.7. The molecule has 1 nitrogen and oxygen atoms in total. The second-order valence-corrected chi connectivity index (χ2v) is 4.77. The molecule has 0 N–H and O–H groups in total. The summed E-state index contributed by atoms with van der Waals surface area (Å²) in [4.78, 5) is 0. The van der Waals surface area contributed by atoms with Gasteiger partial charge in [0.25, 0.3) is 0 Å². The Labute approximate surface area is 132 Å². The van der Waals surface area contributed by atoms with Crippen LogP contribution < -0.4 is 0 Å². The SMILES string of the molecule is CCCCC(CCCC)=C(CCCC)OCC.[SnH4]. The first-order valence-electron chi connectivity index (χ1n) is 7.63. The van der Waals surface area contributed by atoms with Gasteiger partial charge >= 0.3 is 23.9 Å². The van der Waals surface area contributed by atoms with Gasteiger partial charge in [-0.3, -0.25) is 0 Å². The van der Waals surface area contributed by atoms with Crippen LogP contribution in [0.25, 0.3) is 0 Å². The molecule has 0 aromatic heterocycles. The second kappa shape index (κ2) is 15.4. The van der Waals surface area contributed by atoms with Crippen molar-refractivity contribution in [2.75, 3.05) is 6.61 Å². The first-order chi connectivity index (χ1) is 8.29. The third kappa shape index (κ3) is 10.3. The Morgan fingerprint density at radius 1 is 0.722 bits per heavy atom. The molecule has 18 heavy (non-hydrogen) atoms. The van der Waals surface area contributed by atoms with E-state index in [2.05, 4.69) is 27.7 Å². The Balaban J connectivity index is 0. The van der Waals surface area contributed by atoms with E-state index < -0.39 is 0 Å². The number of ether oxygens (including phenoxy) is 1. The molecule has 0 fully saturated rings. The van der Waals surface area contributed by atoms with Crippen LogP contribution in [0.2, 0.25) is 0 Å². The topological polar surface area (TPSA) is 9.23 Å². The predicted octanol–water partition coefficient (Wildman–Crippen LogP) is 4.40. The molecule has 0 radical (unpaired) electrons. The van der Waals surface area contributed by atoms with Crippen molar-refractivity contribution in [2.24, 2.45) is 0 Å². The molecule has 2 heteroatoms. The summed E-state index contributed by atoms with van der Waals surface area (Å²) in [6.07, 6.45) is 11.3. The molecule has 0 amide bonds. The van der Waals surface area contributed by atoms with Crippen molar-refractivity contribution >= 4 is 23.9 Å². The molecule has 0 heterocycles. The first-order valence-corrected chi connectivity index (χ1v) is 7.63. The van der Waals surface area contributed by atoms with Crippen LogP contribution in [0, 0.1) is 0 Å². The molecule has 0 atom stereocenters. The standard InChI is InChI=1S/C16H32O.Sn.4H/c1-5-9-12-15(13-10-6-2)16(17-8-4)14-11-7-3;;;;;/h5-14H2,1-4H3;;;;;. The van der Waals surface area contributed by atoms with Gasteiger partial charge < -0.3 is 4.74 Å². The van der Waals surface area contributed by atoms with Crippen molar-refractivity contribution in [1.29, 1.82) is 0 Å². The molecule has 0 spiro atoms. The first kappa shape index (κ1) is 20.7. The normalized spacial score (nSPS) is 9.78. The summed E-state index contributed by atoms with van der Waals surface area (Å²) >= 11 is 0. The quantitative estimate of drug-likeness (QED) is 0.391. The fourth-order valence-corrected chi connectivity index (χ4v) is 2.05. The van der Waals surface area contributed by atoms with Crippen molar-refractivity contribution in [2.45, 2.75) is 85.5 Å². The molecule has 0 aliphatic carbocycles. The molecule has 0 unspecified atom stereocenters. The summed E-state index contributed by atoms with van der Waals surface area (Å²) in [7, 11) is 0. The molecule has 0 aliphatic rings. The third-order valence-corrected chi connectivity index (χ3v) is 3.13. The maximum atomic E-state index is 5.88. The monoisotopic (exact) mass is 364 g/mol. The molecule has 0 aromatic carbocycles. The molecule has 0 aromatic rings. The van der Waals surface area contributed by atoms with Crippen LogP contribution in [-0.2, 0) is 4.74 Å². The van der Waals surface area contributed by atoms with Crippen LogP contribution in [0.5, 0.6) is 0 Å². The molecular weight excluding hydrogens is 327 g/mol. The number of hydrogen-bond acceptors (Lipinski definition) is 1. The van der Waals surface area contributed by atoms with Crippen molar-refractivity contribution < 1.29 is 4.74 Å². The van der Waals surface area contributed by atoms with Crippen molar-refractivity contribution in [3.05, 3.63) is 11.3 Å². The van der Waals surface area contributed by atoms with Crippen LogP contribution in [0.3, 0.4) is 0 Å². The summed E-state index contributed by atoms with van der Waals surface area (Å²) in [6.45, 7) is 9.71. The van der Waals surface area contributed by atoms with E-state index in [1.165, 1.54) is 57.1 Å². The minimum absolute atomic E-state index is 0. The van der Waals surface area contributed by atoms with Gasteiger partial charge in [-0.25, -0.2) is 0 Å². The van der Waals surface area contributed by atoms with Crippen LogP contribution in [0.1, 0.15) is 85.5 Å². The van der Waals surface area contributed by atoms with Gasteiger partial charge in [0.05, 0.1) is 12.4 Å². The van der Waals surface area contributed by atoms with E-state index in [1.807, 2.05) is 0 Å². The molecule has 110 valence electrons. The Bertz CT molecular complexity index is 189. The zero-order chi connectivity index (χ0) is 12.9. The average molecular weight is 363 g/mol. The van der Waals surface area contributed by atoms with E-state index in [9.17, 15) is 0 Å². The molecule has 0 bridgehead atoms. The summed E-state index contributed by atoms with van der Waals surface area (Å²) < 4.78 is 5.88. The van der Waals surface area contributed by atoms with Gasteiger partial charge in [0.1, 0.15) is 0 Å². The predicted molar refractivity (Wildman–Crippen MR) is 88.6 cm³/mol. The Morgan fingerprint density at radius 3 is 1.56 bits per heavy atom. The summed E-state index contributed by atoms with van der Waals surface area (Å²) in [5.74, 6) is 1.32. The van der Waals surface area contributed by atoms with Crippen LogP contribution in [0.4, 0.5) is 0 Å². The van der Waals surface area contributed by atoms with E-state index >= 15 is 0 Å². The Hall–Kier alpha value is 0.339. The van der Waals surface area contributed by atoms with Gasteiger partial charge in [-0.1, -0.05) is 40.0 Å². The molecule has 0 rings (SSSR count). The van der Waals surface area contributed by atoms with E-state index in [0.29, 0.717) is 0 Å². The Morgan fingerprint density at radius 2 is 1.17 bits per heavy atom. The molecular formula is C16H36OSn. The van der Waals surface area contributed by atoms with Crippen LogP contribution in [-0.4, -0.2) is 30.5 Å². The zero-order valence-corrected chi connectivity index (χ0v) is 12.5. The zero-order valence-electron chi connectivity index (χ0n) is 12.5. The van der Waals surface area contributed by atoms with Gasteiger partial charge in [0.2, 0.25) is 0 Å². The molecule has 0 saturated carbocycles. The van der Waals surface area contributed by atoms with Crippen molar-refractivity contribution in [1.82, 2.24) is 0 Å². The third-order valence-electron chi connectivity index (χ3n) is 3.13.